The van der Waals surface area contributed by atoms with Crippen LogP contribution in [0.1, 0.15) is 40.5 Å². The van der Waals surface area contributed by atoms with Crippen LogP contribution in [-0.2, 0) is 4.79 Å². The highest BCUT2D eigenvalue weighted by atomic mass is 35.5. The predicted octanol–water partition coefficient (Wildman–Crippen LogP) is 3.77. The molecule has 0 radical (unpaired) electrons. The van der Waals surface area contributed by atoms with Crippen LogP contribution in [0.25, 0.3) is 0 Å². The van der Waals surface area contributed by atoms with Crippen LogP contribution in [0.15, 0.2) is 11.6 Å². The Morgan fingerprint density at radius 2 is 2.07 bits per heavy atom. The largest absolute Gasteiger partial charge is 0.281 e. The first-order valence-corrected chi connectivity index (χ1v) is 5.65. The molecule has 0 aromatic heterocycles. The zero-order valence-electron chi connectivity index (χ0n) is 9.43. The van der Waals surface area contributed by atoms with Crippen LogP contribution >= 0.6 is 11.6 Å². The summed E-state index contributed by atoms with van der Waals surface area (Å²) in [6, 6.07) is 0. The summed E-state index contributed by atoms with van der Waals surface area (Å²) in [6.07, 6.45) is 4.51. The number of halogens is 1. The topological polar surface area (TPSA) is 17.1 Å². The molecule has 0 saturated heterocycles. The molecule has 0 aromatic rings. The van der Waals surface area contributed by atoms with Gasteiger partial charge in [0.2, 0.25) is 5.24 Å². The summed E-state index contributed by atoms with van der Waals surface area (Å²) in [6.45, 7) is 8.52. The van der Waals surface area contributed by atoms with Gasteiger partial charge in [0.25, 0.3) is 0 Å². The van der Waals surface area contributed by atoms with E-state index in [9.17, 15) is 4.79 Å². The Hall–Kier alpha value is -0.300. The fraction of sp³-hybridized carbons (Fsp3) is 0.750. The van der Waals surface area contributed by atoms with Crippen molar-refractivity contribution in [2.45, 2.75) is 40.5 Å². The van der Waals surface area contributed by atoms with Gasteiger partial charge >= 0.3 is 0 Å². The first-order valence-electron chi connectivity index (χ1n) is 5.28. The van der Waals surface area contributed by atoms with E-state index in [1.807, 2.05) is 0 Å². The second-order valence-corrected chi connectivity index (χ2v) is 5.26. The highest BCUT2D eigenvalue weighted by molar-refractivity contribution is 6.64. The van der Waals surface area contributed by atoms with E-state index in [1.165, 1.54) is 5.57 Å². The van der Waals surface area contributed by atoms with E-state index in [1.54, 1.807) is 0 Å². The molecule has 0 spiro atoms. The molecule has 14 heavy (non-hydrogen) atoms. The Morgan fingerprint density at radius 3 is 2.43 bits per heavy atom. The van der Waals surface area contributed by atoms with E-state index in [0.717, 1.165) is 12.8 Å². The maximum Gasteiger partial charge on any atom is 0.225 e. The van der Waals surface area contributed by atoms with E-state index in [4.69, 9.17) is 11.6 Å². The van der Waals surface area contributed by atoms with E-state index in [-0.39, 0.29) is 16.6 Å². The SMILES string of the molecule is CCC/C(C)=C/C1C(C(=O)Cl)C1(C)C. The summed E-state index contributed by atoms with van der Waals surface area (Å²) < 4.78 is 0. The zero-order valence-corrected chi connectivity index (χ0v) is 10.2. The highest BCUT2D eigenvalue weighted by Gasteiger charge is 2.59. The van der Waals surface area contributed by atoms with E-state index in [2.05, 4.69) is 33.8 Å². The normalized spacial score (nSPS) is 30.2. The molecule has 1 fully saturated rings. The fourth-order valence-electron chi connectivity index (χ4n) is 2.21. The number of allylic oxidation sites excluding steroid dienone is 2. The van der Waals surface area contributed by atoms with E-state index in [0.29, 0.717) is 5.92 Å². The lowest BCUT2D eigenvalue weighted by Gasteiger charge is -1.99. The molecule has 1 aliphatic rings. The second kappa shape index (κ2) is 4.06. The molecule has 1 aliphatic carbocycles. The summed E-state index contributed by atoms with van der Waals surface area (Å²) in [5.74, 6) is 0.398. The van der Waals surface area contributed by atoms with Crippen molar-refractivity contribution >= 4 is 16.8 Å². The Bertz CT molecular complexity index is 265. The molecule has 0 heterocycles. The summed E-state index contributed by atoms with van der Waals surface area (Å²) in [5, 5.41) is -0.180. The minimum atomic E-state index is -0.180. The summed E-state index contributed by atoms with van der Waals surface area (Å²) in [4.78, 5) is 11.1. The van der Waals surface area contributed by atoms with Crippen LogP contribution in [0.3, 0.4) is 0 Å². The Balaban J connectivity index is 2.65. The number of carbonyl (C=O) groups excluding carboxylic acids is 1. The molecule has 0 N–H and O–H groups in total. The van der Waals surface area contributed by atoms with Crippen molar-refractivity contribution in [1.29, 1.82) is 0 Å². The zero-order chi connectivity index (χ0) is 10.9. The molecule has 2 unspecified atom stereocenters. The molecule has 1 saturated carbocycles. The van der Waals surface area contributed by atoms with Crippen molar-refractivity contribution in [2.24, 2.45) is 17.3 Å². The average Bonchev–Trinajstić information content (AvgIpc) is 2.53. The molecule has 0 aromatic carbocycles. The minimum Gasteiger partial charge on any atom is -0.281 e. The van der Waals surface area contributed by atoms with Crippen LogP contribution in [0.4, 0.5) is 0 Å². The molecular weight excluding hydrogens is 196 g/mol. The van der Waals surface area contributed by atoms with E-state index >= 15 is 0 Å². The quantitative estimate of drug-likeness (QED) is 0.514. The Labute approximate surface area is 91.5 Å². The smallest absolute Gasteiger partial charge is 0.225 e. The monoisotopic (exact) mass is 214 g/mol. The molecule has 2 atom stereocenters. The number of carbonyl (C=O) groups is 1. The van der Waals surface area contributed by atoms with Crippen molar-refractivity contribution < 1.29 is 4.79 Å². The lowest BCUT2D eigenvalue weighted by atomic mass is 10.1. The average molecular weight is 215 g/mol. The van der Waals surface area contributed by atoms with E-state index < -0.39 is 0 Å². The number of hydrogen-bond acceptors (Lipinski definition) is 1. The van der Waals surface area contributed by atoms with Crippen LogP contribution in [0.2, 0.25) is 0 Å². The standard InChI is InChI=1S/C12H19ClO/c1-5-6-8(2)7-9-10(11(13)14)12(9,3)4/h7,9-10H,5-6H2,1-4H3/b8-7+. The van der Waals surface area contributed by atoms with Crippen molar-refractivity contribution in [1.82, 2.24) is 0 Å². The van der Waals surface area contributed by atoms with Gasteiger partial charge in [-0.1, -0.05) is 38.8 Å². The molecule has 0 bridgehead atoms. The third kappa shape index (κ3) is 2.20. The van der Waals surface area contributed by atoms with Crippen LogP contribution < -0.4 is 0 Å². The van der Waals surface area contributed by atoms with Crippen molar-refractivity contribution in [3.05, 3.63) is 11.6 Å². The Kier molecular flexibility index (Phi) is 3.41. The van der Waals surface area contributed by atoms with Gasteiger partial charge < -0.3 is 0 Å². The minimum absolute atomic E-state index is 0.0379. The first-order chi connectivity index (χ1) is 6.41. The third-order valence-corrected chi connectivity index (χ3v) is 3.50. The van der Waals surface area contributed by atoms with Crippen molar-refractivity contribution in [3.63, 3.8) is 0 Å². The molecule has 2 heteroatoms. The van der Waals surface area contributed by atoms with Crippen molar-refractivity contribution in [2.75, 3.05) is 0 Å². The molecule has 80 valence electrons. The Morgan fingerprint density at radius 1 is 1.50 bits per heavy atom. The molecule has 1 rings (SSSR count). The first kappa shape index (κ1) is 11.8. The summed E-state index contributed by atoms with van der Waals surface area (Å²) in [5.41, 5.74) is 1.46. The van der Waals surface area contributed by atoms with Gasteiger partial charge in [0.15, 0.2) is 0 Å². The third-order valence-electron chi connectivity index (χ3n) is 3.26. The van der Waals surface area contributed by atoms with Gasteiger partial charge in [-0.25, -0.2) is 0 Å². The van der Waals surface area contributed by atoms with Gasteiger partial charge in [0.1, 0.15) is 0 Å². The van der Waals surface area contributed by atoms with Gasteiger partial charge in [0, 0.05) is 5.92 Å². The molecule has 0 amide bonds. The number of hydrogen-bond donors (Lipinski definition) is 0. The van der Waals surface area contributed by atoms with Gasteiger partial charge in [-0.3, -0.25) is 4.79 Å². The second-order valence-electron chi connectivity index (χ2n) is 4.89. The van der Waals surface area contributed by atoms with Gasteiger partial charge in [0.05, 0.1) is 0 Å². The lowest BCUT2D eigenvalue weighted by Crippen LogP contribution is -1.96. The molecular formula is C12H19ClO. The fourth-order valence-corrected chi connectivity index (χ4v) is 2.62. The van der Waals surface area contributed by atoms with Crippen LogP contribution in [0.5, 0.6) is 0 Å². The van der Waals surface area contributed by atoms with Gasteiger partial charge in [-0.15, -0.1) is 0 Å². The highest BCUT2D eigenvalue weighted by Crippen LogP contribution is 2.60. The molecule has 1 nitrogen and oxygen atoms in total. The van der Waals surface area contributed by atoms with Gasteiger partial charge in [-0.2, -0.15) is 0 Å². The lowest BCUT2D eigenvalue weighted by molar-refractivity contribution is -0.113. The maximum absolute atomic E-state index is 11.1. The number of rotatable bonds is 4. The van der Waals surface area contributed by atoms with Gasteiger partial charge in [-0.05, 0) is 36.3 Å². The van der Waals surface area contributed by atoms with Crippen molar-refractivity contribution in [3.8, 4) is 0 Å². The predicted molar refractivity (Wildman–Crippen MR) is 60.3 cm³/mol. The summed E-state index contributed by atoms with van der Waals surface area (Å²) >= 11 is 5.55. The maximum atomic E-state index is 11.1. The molecule has 0 aliphatic heterocycles. The van der Waals surface area contributed by atoms with Crippen LogP contribution in [-0.4, -0.2) is 5.24 Å². The van der Waals surface area contributed by atoms with Crippen LogP contribution in [0, 0.1) is 17.3 Å². The summed E-state index contributed by atoms with van der Waals surface area (Å²) in [7, 11) is 0.